The Kier molecular flexibility index (Phi) is 11.6. The van der Waals surface area contributed by atoms with Gasteiger partial charge in [0.25, 0.3) is 11.8 Å². The number of urea groups is 1. The predicted molar refractivity (Wildman–Crippen MR) is 190 cm³/mol. The minimum absolute atomic E-state index is 0.00287. The summed E-state index contributed by atoms with van der Waals surface area (Å²) >= 11 is 0. The van der Waals surface area contributed by atoms with Crippen LogP contribution in [0.15, 0.2) is 54.1 Å². The zero-order valence-corrected chi connectivity index (χ0v) is 31.3. The molecule has 0 bridgehead atoms. The van der Waals surface area contributed by atoms with Gasteiger partial charge in [0, 0.05) is 65.0 Å². The van der Waals surface area contributed by atoms with Crippen molar-refractivity contribution in [3.05, 3.63) is 82.5 Å². The van der Waals surface area contributed by atoms with Gasteiger partial charge in [-0.1, -0.05) is 6.07 Å². The number of aromatic nitrogens is 2. The highest BCUT2D eigenvalue weighted by Crippen LogP contribution is 2.47. The molecule has 4 amide bonds. The third kappa shape index (κ3) is 8.22. The molecule has 0 atom stereocenters. The molecule has 0 unspecified atom stereocenters. The lowest BCUT2D eigenvalue weighted by molar-refractivity contribution is -0.172. The number of aliphatic hydroxyl groups excluding tert-OH is 1. The average molecular weight is 827 g/mol. The van der Waals surface area contributed by atoms with Crippen LogP contribution in [0.5, 0.6) is 5.75 Å². The fraction of sp³-hybridized carbons (Fsp3) is 0.432. The van der Waals surface area contributed by atoms with E-state index >= 15 is 8.78 Å². The molecule has 1 aromatic heterocycles. The van der Waals surface area contributed by atoms with Crippen molar-refractivity contribution in [2.24, 2.45) is 0 Å². The second kappa shape index (κ2) is 16.0. The maximum Gasteiger partial charge on any atom is 0.433 e. The summed E-state index contributed by atoms with van der Waals surface area (Å²) < 4.78 is 118. The van der Waals surface area contributed by atoms with E-state index in [1.807, 2.05) is 4.90 Å². The van der Waals surface area contributed by atoms with Crippen LogP contribution in [0.3, 0.4) is 0 Å². The standard InChI is InChI=1S/C37H38F8N8O5/c1-49(2)34(57)52-13-11-51(12-14-52)15-16-58-26-8-5-21(29(38)30(26)39)19-53-33(56)28(31(54)35(50(53)3)9-4-10-35)32(55)48-24-7-6-22(36(40,41)42)17-23(24)25-18-27(37(43,44)45)47-20-46-25/h5-8,17-18,20,54H,4,9-16,19H2,1-3H3,(H,48,55). The minimum atomic E-state index is -5.00. The molecule has 2 fully saturated rings. The summed E-state index contributed by atoms with van der Waals surface area (Å²) in [4.78, 5) is 52.0. The van der Waals surface area contributed by atoms with Crippen LogP contribution >= 0.6 is 0 Å². The number of likely N-dealkylation sites (N-methyl/N-ethyl adjacent to an activating group) is 1. The van der Waals surface area contributed by atoms with Gasteiger partial charge < -0.3 is 25.0 Å². The Bertz CT molecular complexity index is 2120. The molecule has 58 heavy (non-hydrogen) atoms. The minimum Gasteiger partial charge on any atom is -0.509 e. The predicted octanol–water partition coefficient (Wildman–Crippen LogP) is 5.70. The van der Waals surface area contributed by atoms with Gasteiger partial charge in [-0.3, -0.25) is 19.5 Å². The highest BCUT2D eigenvalue weighted by atomic mass is 19.4. The molecule has 13 nitrogen and oxygen atoms in total. The molecular formula is C37H38F8N8O5. The molecule has 0 radical (unpaired) electrons. The maximum absolute atomic E-state index is 15.6. The number of nitrogens with one attached hydrogen (secondary N) is 1. The number of rotatable bonds is 9. The van der Waals surface area contributed by atoms with E-state index < -0.39 is 93.2 Å². The molecule has 1 saturated heterocycles. The highest BCUT2D eigenvalue weighted by molar-refractivity contribution is 6.24. The van der Waals surface area contributed by atoms with E-state index in [0.717, 1.165) is 11.1 Å². The van der Waals surface area contributed by atoms with E-state index in [4.69, 9.17) is 4.74 Å². The molecule has 21 heteroatoms. The molecule has 2 aliphatic heterocycles. The number of anilines is 1. The van der Waals surface area contributed by atoms with E-state index in [2.05, 4.69) is 15.3 Å². The van der Waals surface area contributed by atoms with Gasteiger partial charge in [-0.2, -0.15) is 30.7 Å². The normalized spacial score (nSPS) is 17.7. The molecule has 3 heterocycles. The molecule has 3 aliphatic rings. The van der Waals surface area contributed by atoms with Crippen LogP contribution in [0.1, 0.15) is 36.1 Å². The van der Waals surface area contributed by atoms with E-state index in [0.29, 0.717) is 63.7 Å². The molecule has 3 aromatic rings. The number of hydrazine groups is 1. The van der Waals surface area contributed by atoms with Crippen LogP contribution in [-0.4, -0.2) is 124 Å². The van der Waals surface area contributed by atoms with Crippen molar-refractivity contribution in [2.75, 3.05) is 65.8 Å². The number of hydrogen-bond acceptors (Lipinski definition) is 9. The fourth-order valence-electron chi connectivity index (χ4n) is 7.02. The van der Waals surface area contributed by atoms with Gasteiger partial charge >= 0.3 is 18.4 Å². The van der Waals surface area contributed by atoms with Crippen molar-refractivity contribution in [2.45, 2.75) is 43.7 Å². The van der Waals surface area contributed by atoms with Gasteiger partial charge in [-0.25, -0.2) is 24.2 Å². The lowest BCUT2D eigenvalue weighted by atomic mass is 9.72. The lowest BCUT2D eigenvalue weighted by Crippen LogP contribution is -2.65. The number of halogens is 8. The summed E-state index contributed by atoms with van der Waals surface area (Å²) in [5.74, 6) is -6.28. The van der Waals surface area contributed by atoms with Crippen LogP contribution < -0.4 is 10.1 Å². The maximum atomic E-state index is 15.6. The summed E-state index contributed by atoms with van der Waals surface area (Å²) in [5, 5.41) is 15.9. The fourth-order valence-corrected chi connectivity index (χ4v) is 7.02. The van der Waals surface area contributed by atoms with Crippen molar-refractivity contribution in [3.8, 4) is 17.0 Å². The Labute approximate surface area is 326 Å². The van der Waals surface area contributed by atoms with Crippen LogP contribution in [-0.2, 0) is 28.5 Å². The smallest absolute Gasteiger partial charge is 0.433 e. The first-order chi connectivity index (χ1) is 27.2. The average Bonchev–Trinajstić information content (AvgIpc) is 3.14. The van der Waals surface area contributed by atoms with Gasteiger partial charge in [0.05, 0.1) is 29.0 Å². The number of carbonyl (C=O) groups is 3. The van der Waals surface area contributed by atoms with Crippen molar-refractivity contribution in [1.29, 1.82) is 0 Å². The first kappa shape index (κ1) is 42.0. The Morgan fingerprint density at radius 2 is 1.64 bits per heavy atom. The van der Waals surface area contributed by atoms with E-state index in [9.17, 15) is 45.8 Å². The summed E-state index contributed by atoms with van der Waals surface area (Å²) in [7, 11) is 4.72. The molecule has 6 rings (SSSR count). The van der Waals surface area contributed by atoms with Crippen LogP contribution in [0.4, 0.5) is 45.6 Å². The summed E-state index contributed by atoms with van der Waals surface area (Å²) in [6.07, 6.45) is -8.51. The Balaban J connectivity index is 1.21. The van der Waals surface area contributed by atoms with Crippen molar-refractivity contribution >= 4 is 23.5 Å². The third-order valence-electron chi connectivity index (χ3n) is 10.5. The second-order valence-corrected chi connectivity index (χ2v) is 14.2. The van der Waals surface area contributed by atoms with Crippen LogP contribution in [0, 0.1) is 11.6 Å². The van der Waals surface area contributed by atoms with Gasteiger partial charge in [-0.15, -0.1) is 0 Å². The number of piperazine rings is 1. The zero-order valence-electron chi connectivity index (χ0n) is 31.3. The zero-order chi connectivity index (χ0) is 42.3. The summed E-state index contributed by atoms with van der Waals surface area (Å²) in [5.41, 5.74) is -7.04. The van der Waals surface area contributed by atoms with Crippen LogP contribution in [0.25, 0.3) is 11.3 Å². The van der Waals surface area contributed by atoms with Crippen molar-refractivity contribution in [3.63, 3.8) is 0 Å². The number of carbonyl (C=O) groups excluding carboxylic acids is 3. The first-order valence-electron chi connectivity index (χ1n) is 17.9. The third-order valence-corrected chi connectivity index (χ3v) is 10.5. The molecule has 1 aliphatic carbocycles. The number of ether oxygens (including phenoxy) is 1. The number of amides is 4. The van der Waals surface area contributed by atoms with Gasteiger partial charge in [0.2, 0.25) is 5.82 Å². The Hall–Kier alpha value is -5.57. The lowest BCUT2D eigenvalue weighted by Gasteiger charge is -2.54. The second-order valence-electron chi connectivity index (χ2n) is 14.2. The number of nitrogens with zero attached hydrogens (tertiary/aromatic N) is 7. The Morgan fingerprint density at radius 1 is 0.948 bits per heavy atom. The number of aliphatic hydroxyl groups is 1. The molecule has 2 aromatic carbocycles. The number of alkyl halides is 6. The van der Waals surface area contributed by atoms with Crippen LogP contribution in [0.2, 0.25) is 0 Å². The quantitative estimate of drug-likeness (QED) is 0.206. The van der Waals surface area contributed by atoms with Gasteiger partial charge in [0.1, 0.15) is 30.0 Å². The van der Waals surface area contributed by atoms with Gasteiger partial charge in [-0.05, 0) is 49.6 Å². The molecule has 1 spiro atoms. The van der Waals surface area contributed by atoms with E-state index in [1.165, 1.54) is 29.1 Å². The topological polar surface area (TPSA) is 135 Å². The van der Waals surface area contributed by atoms with Crippen molar-refractivity contribution in [1.82, 2.24) is 34.7 Å². The van der Waals surface area contributed by atoms with Crippen molar-refractivity contribution < 1.29 is 59.4 Å². The summed E-state index contributed by atoms with van der Waals surface area (Å²) in [6.45, 7) is 1.81. The first-order valence-corrected chi connectivity index (χ1v) is 17.9. The molecule has 1 saturated carbocycles. The number of benzene rings is 2. The highest BCUT2D eigenvalue weighted by Gasteiger charge is 2.55. The SMILES string of the molecule is CN(C)C(=O)N1CCN(CCOc2ccc(CN3C(=O)C(C(=O)Nc4ccc(C(F)(F)F)cc4-c4cc(C(F)(F)F)ncn4)=C(O)C4(CCC4)N3C)c(F)c2F)CC1. The summed E-state index contributed by atoms with van der Waals surface area (Å²) in [6, 6.07) is 4.42. The molecule has 2 N–H and O–H groups in total. The van der Waals surface area contributed by atoms with E-state index in [-0.39, 0.29) is 31.0 Å². The molecular weight excluding hydrogens is 788 g/mol. The van der Waals surface area contributed by atoms with Gasteiger partial charge in [0.15, 0.2) is 11.6 Å². The van der Waals surface area contributed by atoms with E-state index in [1.54, 1.807) is 19.0 Å². The number of hydrogen-bond donors (Lipinski definition) is 2. The monoisotopic (exact) mass is 826 g/mol. The largest absolute Gasteiger partial charge is 0.509 e. The molecule has 312 valence electrons. The Morgan fingerprint density at radius 3 is 2.24 bits per heavy atom.